The number of aromatic amines is 1. The maximum atomic E-state index is 12.6. The fourth-order valence-corrected chi connectivity index (χ4v) is 4.04. The predicted octanol–water partition coefficient (Wildman–Crippen LogP) is 2.72. The summed E-state index contributed by atoms with van der Waals surface area (Å²) in [5, 5.41) is 9.78. The molecule has 1 aromatic carbocycles. The standard InChI is InChI=1S/C24H27N5O3.CH2O2/c1-16(30)19-4-6-23(27-13-19)29-10-7-17(15-29)11-20-12-18(3-5-21(20)32-2)24(31)28-14-22-25-8-9-26-22;2-1-3/h3-6,8-9,12-13,17H,7,10-11,14-15H2,1-2H3,(H,25,26)(H,28,31);1H,(H,2,3). The highest BCUT2D eigenvalue weighted by Gasteiger charge is 2.25. The van der Waals surface area contributed by atoms with Crippen LogP contribution < -0.4 is 15.0 Å². The second-order valence-corrected chi connectivity index (χ2v) is 8.12. The van der Waals surface area contributed by atoms with Crippen molar-refractivity contribution in [2.75, 3.05) is 25.1 Å². The second-order valence-electron chi connectivity index (χ2n) is 8.12. The van der Waals surface area contributed by atoms with Gasteiger partial charge >= 0.3 is 0 Å². The number of amides is 1. The number of nitrogens with zero attached hydrogens (tertiary/aromatic N) is 3. The maximum absolute atomic E-state index is 12.6. The highest BCUT2D eigenvalue weighted by atomic mass is 16.5. The Morgan fingerprint density at radius 3 is 2.66 bits per heavy atom. The Bertz CT molecular complexity index is 1130. The summed E-state index contributed by atoms with van der Waals surface area (Å²) in [5.41, 5.74) is 2.24. The van der Waals surface area contributed by atoms with E-state index in [2.05, 4.69) is 25.2 Å². The highest BCUT2D eigenvalue weighted by molar-refractivity contribution is 5.94. The van der Waals surface area contributed by atoms with Gasteiger partial charge in [0.05, 0.1) is 13.7 Å². The van der Waals surface area contributed by atoms with Crippen LogP contribution >= 0.6 is 0 Å². The molecular formula is C25H29N5O5. The Hall–Kier alpha value is -4.21. The smallest absolute Gasteiger partial charge is 0.290 e. The fourth-order valence-electron chi connectivity index (χ4n) is 4.04. The van der Waals surface area contributed by atoms with Crippen molar-refractivity contribution in [1.82, 2.24) is 20.3 Å². The van der Waals surface area contributed by atoms with E-state index < -0.39 is 0 Å². The molecule has 1 aliphatic heterocycles. The quantitative estimate of drug-likeness (QED) is 0.331. The molecule has 1 amide bonds. The van der Waals surface area contributed by atoms with E-state index in [0.29, 0.717) is 29.4 Å². The van der Waals surface area contributed by atoms with Crippen molar-refractivity contribution >= 4 is 24.0 Å². The van der Waals surface area contributed by atoms with Crippen LogP contribution in [0.2, 0.25) is 0 Å². The summed E-state index contributed by atoms with van der Waals surface area (Å²) in [6.07, 6.45) is 6.85. The Balaban J connectivity index is 0.00000108. The summed E-state index contributed by atoms with van der Waals surface area (Å²) in [4.78, 5) is 46.2. The average molecular weight is 480 g/mol. The SMILES string of the molecule is COc1ccc(C(=O)NCc2ncc[nH]2)cc1CC1CCN(c2ccc(C(C)=O)cn2)C1.O=CO. The van der Waals surface area contributed by atoms with Crippen molar-refractivity contribution in [2.24, 2.45) is 5.92 Å². The fraction of sp³-hybridized carbons (Fsp3) is 0.320. The van der Waals surface area contributed by atoms with Gasteiger partial charge in [-0.15, -0.1) is 0 Å². The number of H-pyrrole nitrogens is 1. The largest absolute Gasteiger partial charge is 0.496 e. The molecule has 3 N–H and O–H groups in total. The molecule has 3 aromatic rings. The minimum atomic E-state index is -0.250. The zero-order valence-corrected chi connectivity index (χ0v) is 19.7. The molecule has 10 heteroatoms. The lowest BCUT2D eigenvalue weighted by molar-refractivity contribution is -0.122. The molecule has 0 saturated carbocycles. The van der Waals surface area contributed by atoms with Crippen LogP contribution in [-0.2, 0) is 17.8 Å². The highest BCUT2D eigenvalue weighted by Crippen LogP contribution is 2.29. The van der Waals surface area contributed by atoms with Crippen molar-refractivity contribution in [3.8, 4) is 5.75 Å². The minimum absolute atomic E-state index is 0.0172. The molecule has 1 unspecified atom stereocenters. The number of ketones is 1. The van der Waals surface area contributed by atoms with Crippen LogP contribution in [0, 0.1) is 5.92 Å². The van der Waals surface area contributed by atoms with Crippen LogP contribution in [0.3, 0.4) is 0 Å². The van der Waals surface area contributed by atoms with Gasteiger partial charge in [0, 0.05) is 42.8 Å². The second kappa shape index (κ2) is 12.3. The summed E-state index contributed by atoms with van der Waals surface area (Å²) in [6.45, 7) is 3.41. The summed E-state index contributed by atoms with van der Waals surface area (Å²) in [6, 6.07) is 9.28. The van der Waals surface area contributed by atoms with Crippen molar-refractivity contribution < 1.29 is 24.2 Å². The van der Waals surface area contributed by atoms with Crippen molar-refractivity contribution in [1.29, 1.82) is 0 Å². The van der Waals surface area contributed by atoms with Gasteiger partial charge in [0.1, 0.15) is 17.4 Å². The molecule has 1 fully saturated rings. The summed E-state index contributed by atoms with van der Waals surface area (Å²) < 4.78 is 5.55. The maximum Gasteiger partial charge on any atom is 0.290 e. The Labute approximate surface area is 203 Å². The van der Waals surface area contributed by atoms with Crippen LogP contribution in [0.4, 0.5) is 5.82 Å². The normalized spacial score (nSPS) is 14.6. The van der Waals surface area contributed by atoms with E-state index >= 15 is 0 Å². The number of carbonyl (C=O) groups is 3. The third-order valence-electron chi connectivity index (χ3n) is 5.79. The molecule has 0 bridgehead atoms. The van der Waals surface area contributed by atoms with Gasteiger partial charge in [0.25, 0.3) is 12.4 Å². The first-order chi connectivity index (χ1) is 16.9. The van der Waals surface area contributed by atoms with Crippen LogP contribution in [0.25, 0.3) is 0 Å². The number of benzene rings is 1. The van der Waals surface area contributed by atoms with Gasteiger partial charge in [-0.25, -0.2) is 9.97 Å². The molecular weight excluding hydrogens is 450 g/mol. The molecule has 4 rings (SSSR count). The molecule has 0 aliphatic carbocycles. The molecule has 0 radical (unpaired) electrons. The van der Waals surface area contributed by atoms with Gasteiger partial charge in [0.15, 0.2) is 5.78 Å². The number of rotatable bonds is 8. The Morgan fingerprint density at radius 1 is 1.26 bits per heavy atom. The van der Waals surface area contributed by atoms with Crippen molar-refractivity contribution in [3.05, 3.63) is 71.4 Å². The molecule has 0 spiro atoms. The number of carbonyl (C=O) groups excluding carboxylic acids is 2. The van der Waals surface area contributed by atoms with Crippen LogP contribution in [-0.4, -0.2) is 58.4 Å². The number of anilines is 1. The zero-order valence-electron chi connectivity index (χ0n) is 19.7. The van der Waals surface area contributed by atoms with Crippen LogP contribution in [0.1, 0.15) is 45.4 Å². The molecule has 2 aromatic heterocycles. The topological polar surface area (TPSA) is 138 Å². The Morgan fingerprint density at radius 2 is 2.03 bits per heavy atom. The van der Waals surface area contributed by atoms with E-state index in [4.69, 9.17) is 14.6 Å². The lowest BCUT2D eigenvalue weighted by atomic mass is 9.96. The van der Waals surface area contributed by atoms with Gasteiger partial charge < -0.3 is 25.0 Å². The van der Waals surface area contributed by atoms with E-state index in [9.17, 15) is 9.59 Å². The number of nitrogens with one attached hydrogen (secondary N) is 2. The third-order valence-corrected chi connectivity index (χ3v) is 5.79. The number of pyridine rings is 1. The van der Waals surface area contributed by atoms with Gasteiger partial charge in [-0.1, -0.05) is 0 Å². The van der Waals surface area contributed by atoms with E-state index in [-0.39, 0.29) is 18.2 Å². The first-order valence-electron chi connectivity index (χ1n) is 11.2. The van der Waals surface area contributed by atoms with E-state index in [1.165, 1.54) is 0 Å². The number of Topliss-reactive ketones (excluding diaryl/α,β-unsaturated/α-hetero) is 1. The number of imidazole rings is 1. The molecule has 35 heavy (non-hydrogen) atoms. The molecule has 10 nitrogen and oxygen atoms in total. The average Bonchev–Trinajstić information content (AvgIpc) is 3.55. The molecule has 1 atom stereocenters. The van der Waals surface area contributed by atoms with Gasteiger partial charge in [-0.05, 0) is 61.6 Å². The Kier molecular flexibility index (Phi) is 8.94. The molecule has 3 heterocycles. The number of hydrogen-bond donors (Lipinski definition) is 3. The van der Waals surface area contributed by atoms with Gasteiger partial charge in [0.2, 0.25) is 0 Å². The van der Waals surface area contributed by atoms with E-state index in [1.54, 1.807) is 38.7 Å². The lowest BCUT2D eigenvalue weighted by Gasteiger charge is -2.18. The minimum Gasteiger partial charge on any atom is -0.496 e. The van der Waals surface area contributed by atoms with Crippen LogP contribution in [0.15, 0.2) is 48.9 Å². The molecule has 1 aliphatic rings. The lowest BCUT2D eigenvalue weighted by Crippen LogP contribution is -2.24. The predicted molar refractivity (Wildman–Crippen MR) is 130 cm³/mol. The zero-order chi connectivity index (χ0) is 25.2. The third kappa shape index (κ3) is 6.89. The number of methoxy groups -OCH3 is 1. The van der Waals surface area contributed by atoms with E-state index in [1.807, 2.05) is 24.3 Å². The van der Waals surface area contributed by atoms with Crippen LogP contribution in [0.5, 0.6) is 5.75 Å². The molecule has 184 valence electrons. The monoisotopic (exact) mass is 479 g/mol. The number of ether oxygens (including phenoxy) is 1. The molecule has 1 saturated heterocycles. The van der Waals surface area contributed by atoms with Crippen molar-refractivity contribution in [3.63, 3.8) is 0 Å². The van der Waals surface area contributed by atoms with Gasteiger partial charge in [-0.3, -0.25) is 14.4 Å². The summed E-state index contributed by atoms with van der Waals surface area (Å²) in [7, 11) is 1.65. The summed E-state index contributed by atoms with van der Waals surface area (Å²) >= 11 is 0. The first kappa shape index (κ1) is 25.4. The van der Waals surface area contributed by atoms with Gasteiger partial charge in [-0.2, -0.15) is 0 Å². The number of aromatic nitrogens is 3. The first-order valence-corrected chi connectivity index (χ1v) is 11.2. The number of carboxylic acid groups (broad SMARTS) is 1. The number of hydrogen-bond acceptors (Lipinski definition) is 7. The summed E-state index contributed by atoms with van der Waals surface area (Å²) in [5.74, 6) is 2.67. The van der Waals surface area contributed by atoms with Crippen molar-refractivity contribution in [2.45, 2.75) is 26.3 Å². The van der Waals surface area contributed by atoms with E-state index in [0.717, 1.165) is 43.1 Å².